The fourth-order valence-corrected chi connectivity index (χ4v) is 3.00. The maximum atomic E-state index is 13.0. The second kappa shape index (κ2) is 15.1. The van der Waals surface area contributed by atoms with Gasteiger partial charge < -0.3 is 43.4 Å². The van der Waals surface area contributed by atoms with Gasteiger partial charge in [0.15, 0.2) is 5.96 Å². The monoisotopic (exact) mass is 487 g/mol. The molecule has 0 aliphatic heterocycles. The minimum atomic E-state index is -1.23. The fraction of sp³-hybridized carbons (Fsp3) is 0.762. The zero-order valence-corrected chi connectivity index (χ0v) is 20.6. The third kappa shape index (κ3) is 11.8. The van der Waals surface area contributed by atoms with E-state index in [-0.39, 0.29) is 37.2 Å². The van der Waals surface area contributed by atoms with Crippen LogP contribution < -0.4 is 33.2 Å². The standard InChI is InChI=1S/C21H41N7O6/c1-10(2)9-14(27-18(31)15(22)12(5)29)17(30)28-16(11(3)4)19(32)26-13(20(33)34)7-6-8-25-21(23)24/h10-16,29H,6-9,22H2,1-5H3,(H,26,32)(H,27,31)(H,28,30)(H,33,34)(H4,23,24,25). The molecule has 0 saturated carbocycles. The van der Waals surface area contributed by atoms with Crippen molar-refractivity contribution in [2.75, 3.05) is 6.54 Å². The molecule has 0 rings (SSSR count). The number of hydrogen-bond acceptors (Lipinski definition) is 7. The summed E-state index contributed by atoms with van der Waals surface area (Å²) in [5.41, 5.74) is 16.1. The van der Waals surface area contributed by atoms with E-state index in [0.717, 1.165) is 0 Å². The number of aliphatic hydroxyl groups is 1. The minimum Gasteiger partial charge on any atom is -0.480 e. The van der Waals surface area contributed by atoms with E-state index in [1.807, 2.05) is 13.8 Å². The zero-order chi connectivity index (χ0) is 26.6. The van der Waals surface area contributed by atoms with Crippen LogP contribution in [-0.2, 0) is 19.2 Å². The number of carboxylic acids is 1. The van der Waals surface area contributed by atoms with Crippen molar-refractivity contribution in [2.24, 2.45) is 34.0 Å². The maximum absolute atomic E-state index is 13.0. The number of aliphatic carboxylic acids is 1. The fourth-order valence-electron chi connectivity index (χ4n) is 3.00. The van der Waals surface area contributed by atoms with E-state index in [0.29, 0.717) is 6.42 Å². The molecule has 11 N–H and O–H groups in total. The summed E-state index contributed by atoms with van der Waals surface area (Å²) in [6.07, 6.45) is -0.448. The Hall–Kier alpha value is -2.93. The van der Waals surface area contributed by atoms with Crippen LogP contribution in [-0.4, -0.2) is 76.7 Å². The number of hydrogen-bond donors (Lipinski definition) is 8. The van der Waals surface area contributed by atoms with E-state index in [1.165, 1.54) is 6.92 Å². The van der Waals surface area contributed by atoms with E-state index in [4.69, 9.17) is 17.2 Å². The summed E-state index contributed by atoms with van der Waals surface area (Å²) in [5.74, 6) is -3.70. The van der Waals surface area contributed by atoms with Gasteiger partial charge in [-0.3, -0.25) is 19.4 Å². The quantitative estimate of drug-likeness (QED) is 0.0722. The number of carbonyl (C=O) groups excluding carboxylic acids is 3. The SMILES string of the molecule is CC(C)CC(NC(=O)C(N)C(C)O)C(=O)NC(C(=O)NC(CCCN=C(N)N)C(=O)O)C(C)C. The van der Waals surface area contributed by atoms with Gasteiger partial charge in [0.25, 0.3) is 0 Å². The van der Waals surface area contributed by atoms with Crippen LogP contribution in [0.2, 0.25) is 0 Å². The number of rotatable bonds is 15. The van der Waals surface area contributed by atoms with E-state index in [9.17, 15) is 29.4 Å². The van der Waals surface area contributed by atoms with Gasteiger partial charge in [0, 0.05) is 6.54 Å². The Balaban J connectivity index is 5.37. The van der Waals surface area contributed by atoms with Crippen molar-refractivity contribution in [2.45, 2.75) is 84.2 Å². The molecule has 0 aliphatic rings. The third-order valence-corrected chi connectivity index (χ3v) is 4.97. The Morgan fingerprint density at radius 3 is 1.88 bits per heavy atom. The molecule has 0 radical (unpaired) electrons. The van der Waals surface area contributed by atoms with Gasteiger partial charge in [0.2, 0.25) is 17.7 Å². The normalized spacial score (nSPS) is 15.6. The number of aliphatic imine (C=N–C) groups is 1. The molecule has 0 saturated heterocycles. The van der Waals surface area contributed by atoms with Gasteiger partial charge in [-0.15, -0.1) is 0 Å². The number of guanidine groups is 1. The molecule has 0 spiro atoms. The number of amides is 3. The van der Waals surface area contributed by atoms with Crippen molar-refractivity contribution >= 4 is 29.7 Å². The molecule has 0 fully saturated rings. The summed E-state index contributed by atoms with van der Waals surface area (Å²) in [5, 5.41) is 26.6. The number of nitrogens with two attached hydrogens (primary N) is 3. The highest BCUT2D eigenvalue weighted by Crippen LogP contribution is 2.09. The summed E-state index contributed by atoms with van der Waals surface area (Å²) in [6.45, 7) is 8.66. The van der Waals surface area contributed by atoms with Gasteiger partial charge in [-0.25, -0.2) is 4.79 Å². The molecule has 13 nitrogen and oxygen atoms in total. The molecular weight excluding hydrogens is 446 g/mol. The van der Waals surface area contributed by atoms with E-state index >= 15 is 0 Å². The van der Waals surface area contributed by atoms with Crippen molar-refractivity contribution < 1.29 is 29.4 Å². The largest absolute Gasteiger partial charge is 0.480 e. The molecule has 3 amide bonds. The molecule has 5 unspecified atom stereocenters. The van der Waals surface area contributed by atoms with Crippen LogP contribution >= 0.6 is 0 Å². The molecule has 0 bridgehead atoms. The first-order chi connectivity index (χ1) is 15.7. The summed E-state index contributed by atoms with van der Waals surface area (Å²) < 4.78 is 0. The predicted molar refractivity (Wildman–Crippen MR) is 127 cm³/mol. The second-order valence-electron chi connectivity index (χ2n) is 9.04. The Kier molecular flexibility index (Phi) is 13.8. The molecule has 196 valence electrons. The van der Waals surface area contributed by atoms with Crippen molar-refractivity contribution in [3.05, 3.63) is 0 Å². The van der Waals surface area contributed by atoms with Crippen molar-refractivity contribution in [1.29, 1.82) is 0 Å². The first kappa shape index (κ1) is 31.1. The molecule has 0 heterocycles. The first-order valence-electron chi connectivity index (χ1n) is 11.3. The lowest BCUT2D eigenvalue weighted by atomic mass is 9.99. The van der Waals surface area contributed by atoms with Crippen LogP contribution in [0.25, 0.3) is 0 Å². The van der Waals surface area contributed by atoms with Crippen LogP contribution in [0.5, 0.6) is 0 Å². The van der Waals surface area contributed by atoms with E-state index in [1.54, 1.807) is 13.8 Å². The van der Waals surface area contributed by atoms with Crippen molar-refractivity contribution in [1.82, 2.24) is 16.0 Å². The highest BCUT2D eigenvalue weighted by Gasteiger charge is 2.32. The first-order valence-corrected chi connectivity index (χ1v) is 11.3. The van der Waals surface area contributed by atoms with Crippen molar-refractivity contribution in [3.8, 4) is 0 Å². The van der Waals surface area contributed by atoms with Gasteiger partial charge in [0.05, 0.1) is 6.10 Å². The van der Waals surface area contributed by atoms with Crippen LogP contribution in [0.15, 0.2) is 4.99 Å². The second-order valence-corrected chi connectivity index (χ2v) is 9.04. The van der Waals surface area contributed by atoms with Gasteiger partial charge in [-0.1, -0.05) is 27.7 Å². The summed E-state index contributed by atoms with van der Waals surface area (Å²) in [7, 11) is 0. The molecule has 13 heteroatoms. The molecule has 5 atom stereocenters. The number of nitrogens with one attached hydrogen (secondary N) is 3. The Bertz CT molecular complexity index is 722. The highest BCUT2D eigenvalue weighted by molar-refractivity contribution is 5.94. The maximum Gasteiger partial charge on any atom is 0.326 e. The Labute approximate surface area is 200 Å². The van der Waals surface area contributed by atoms with E-state index < -0.39 is 54.0 Å². The topological polar surface area (TPSA) is 235 Å². The summed E-state index contributed by atoms with van der Waals surface area (Å²) in [6, 6.07) is -4.47. The van der Waals surface area contributed by atoms with E-state index in [2.05, 4.69) is 20.9 Å². The minimum absolute atomic E-state index is 0.0201. The molecule has 0 aliphatic carbocycles. The number of carboxylic acid groups (broad SMARTS) is 1. The Morgan fingerprint density at radius 2 is 1.44 bits per heavy atom. The van der Waals surface area contributed by atoms with Gasteiger partial charge in [-0.05, 0) is 38.0 Å². The van der Waals surface area contributed by atoms with Crippen LogP contribution in [0.4, 0.5) is 0 Å². The molecule has 0 aromatic carbocycles. The van der Waals surface area contributed by atoms with Gasteiger partial charge in [-0.2, -0.15) is 0 Å². The van der Waals surface area contributed by atoms with Crippen LogP contribution in [0.3, 0.4) is 0 Å². The van der Waals surface area contributed by atoms with Crippen LogP contribution in [0.1, 0.15) is 53.9 Å². The van der Waals surface area contributed by atoms with Crippen molar-refractivity contribution in [3.63, 3.8) is 0 Å². The zero-order valence-electron chi connectivity index (χ0n) is 20.6. The average Bonchev–Trinajstić information content (AvgIpc) is 2.71. The molecule has 34 heavy (non-hydrogen) atoms. The summed E-state index contributed by atoms with van der Waals surface area (Å²) in [4.78, 5) is 53.4. The number of carbonyl (C=O) groups is 4. The number of nitrogens with zero attached hydrogens (tertiary/aromatic N) is 1. The average molecular weight is 488 g/mol. The predicted octanol–water partition coefficient (Wildman–Crippen LogP) is -2.01. The highest BCUT2D eigenvalue weighted by atomic mass is 16.4. The molecular formula is C21H41N7O6. The molecule has 0 aromatic rings. The lowest BCUT2D eigenvalue weighted by Gasteiger charge is -2.28. The molecule has 0 aromatic heterocycles. The number of aliphatic hydroxyl groups excluding tert-OH is 1. The lowest BCUT2D eigenvalue weighted by molar-refractivity contribution is -0.142. The summed E-state index contributed by atoms with van der Waals surface area (Å²) >= 11 is 0. The van der Waals surface area contributed by atoms with Crippen LogP contribution in [0, 0.1) is 11.8 Å². The van der Waals surface area contributed by atoms with Gasteiger partial charge in [0.1, 0.15) is 24.2 Å². The van der Waals surface area contributed by atoms with Gasteiger partial charge >= 0.3 is 5.97 Å². The Morgan fingerprint density at radius 1 is 0.882 bits per heavy atom. The smallest absolute Gasteiger partial charge is 0.326 e. The third-order valence-electron chi connectivity index (χ3n) is 4.97. The lowest BCUT2D eigenvalue weighted by Crippen LogP contribution is -2.59.